The highest BCUT2D eigenvalue weighted by atomic mass is 16.5. The molecule has 1 aromatic carbocycles. The molecule has 0 amide bonds. The van der Waals surface area contributed by atoms with E-state index in [-0.39, 0.29) is 29.8 Å². The summed E-state index contributed by atoms with van der Waals surface area (Å²) in [5, 5.41) is 20.0. The third kappa shape index (κ3) is 5.28. The number of nitriles is 1. The molecule has 1 aromatic heterocycles. The van der Waals surface area contributed by atoms with Crippen LogP contribution in [0.4, 0.5) is 0 Å². The standard InChI is InChI=1S/C23H28N2O5/c1-5-29-12-6-11-25-22(27)19(13-24)16(4)21(23(25)28)20(26)14-30-18-9-7-17(8-10-18)15(2)3/h7-10,15,28H,5-6,11-12,14H2,1-4H3. The summed E-state index contributed by atoms with van der Waals surface area (Å²) in [6.45, 7) is 8.26. The molecule has 30 heavy (non-hydrogen) atoms. The smallest absolute Gasteiger partial charge is 0.271 e. The zero-order valence-electron chi connectivity index (χ0n) is 17.9. The van der Waals surface area contributed by atoms with E-state index in [0.29, 0.717) is 31.3 Å². The van der Waals surface area contributed by atoms with Crippen molar-refractivity contribution in [1.82, 2.24) is 4.57 Å². The van der Waals surface area contributed by atoms with E-state index in [0.717, 1.165) is 10.1 Å². The van der Waals surface area contributed by atoms with Gasteiger partial charge in [-0.3, -0.25) is 14.2 Å². The Morgan fingerprint density at radius 2 is 1.93 bits per heavy atom. The van der Waals surface area contributed by atoms with Crippen molar-refractivity contribution in [1.29, 1.82) is 5.26 Å². The van der Waals surface area contributed by atoms with Crippen molar-refractivity contribution in [3.63, 3.8) is 0 Å². The van der Waals surface area contributed by atoms with Crippen LogP contribution < -0.4 is 10.3 Å². The maximum Gasteiger partial charge on any atom is 0.271 e. The molecule has 0 saturated heterocycles. The van der Waals surface area contributed by atoms with E-state index in [2.05, 4.69) is 13.8 Å². The predicted molar refractivity (Wildman–Crippen MR) is 113 cm³/mol. The second-order valence-electron chi connectivity index (χ2n) is 7.25. The maximum atomic E-state index is 12.8. The Labute approximate surface area is 176 Å². The van der Waals surface area contributed by atoms with Crippen LogP contribution >= 0.6 is 0 Å². The highest BCUT2D eigenvalue weighted by Crippen LogP contribution is 2.24. The molecule has 0 bridgehead atoms. The number of hydrogen-bond acceptors (Lipinski definition) is 6. The second-order valence-corrected chi connectivity index (χ2v) is 7.25. The van der Waals surface area contributed by atoms with Gasteiger partial charge >= 0.3 is 0 Å². The summed E-state index contributed by atoms with van der Waals surface area (Å²) in [6, 6.07) is 9.27. The minimum Gasteiger partial charge on any atom is -0.494 e. The first-order valence-corrected chi connectivity index (χ1v) is 10.0. The zero-order valence-corrected chi connectivity index (χ0v) is 17.9. The Morgan fingerprint density at radius 3 is 2.50 bits per heavy atom. The first-order valence-electron chi connectivity index (χ1n) is 10.0. The van der Waals surface area contributed by atoms with Gasteiger partial charge in [-0.15, -0.1) is 0 Å². The minimum atomic E-state index is -0.620. The summed E-state index contributed by atoms with van der Waals surface area (Å²) in [5.41, 5.74) is 0.464. The van der Waals surface area contributed by atoms with Gasteiger partial charge in [0, 0.05) is 19.8 Å². The molecular weight excluding hydrogens is 384 g/mol. The quantitative estimate of drug-likeness (QED) is 0.473. The fraction of sp³-hybridized carbons (Fsp3) is 0.435. The van der Waals surface area contributed by atoms with Crippen LogP contribution in [0, 0.1) is 18.3 Å². The van der Waals surface area contributed by atoms with Gasteiger partial charge in [-0.05, 0) is 49.4 Å². The van der Waals surface area contributed by atoms with Gasteiger partial charge in [0.25, 0.3) is 5.56 Å². The average molecular weight is 412 g/mol. The van der Waals surface area contributed by atoms with E-state index in [1.165, 1.54) is 6.92 Å². The lowest BCUT2D eigenvalue weighted by atomic mass is 10.0. The topological polar surface area (TPSA) is 102 Å². The van der Waals surface area contributed by atoms with Crippen LogP contribution in [0.25, 0.3) is 0 Å². The molecule has 0 spiro atoms. The zero-order chi connectivity index (χ0) is 22.3. The first-order chi connectivity index (χ1) is 14.3. The summed E-state index contributed by atoms with van der Waals surface area (Å²) >= 11 is 0. The number of carbonyl (C=O) groups excluding carboxylic acids is 1. The summed E-state index contributed by atoms with van der Waals surface area (Å²) in [7, 11) is 0. The summed E-state index contributed by atoms with van der Waals surface area (Å²) in [4.78, 5) is 25.4. The van der Waals surface area contributed by atoms with Crippen molar-refractivity contribution in [2.24, 2.45) is 0 Å². The van der Waals surface area contributed by atoms with E-state index < -0.39 is 17.2 Å². The van der Waals surface area contributed by atoms with Crippen molar-refractivity contribution >= 4 is 5.78 Å². The highest BCUT2D eigenvalue weighted by Gasteiger charge is 2.24. The normalized spacial score (nSPS) is 10.8. The molecule has 0 atom stereocenters. The van der Waals surface area contributed by atoms with Crippen molar-refractivity contribution < 1.29 is 19.4 Å². The summed E-state index contributed by atoms with van der Waals surface area (Å²) in [5.74, 6) is -0.0476. The highest BCUT2D eigenvalue weighted by molar-refractivity contribution is 6.01. The Kier molecular flexibility index (Phi) is 8.19. The predicted octanol–water partition coefficient (Wildman–Crippen LogP) is 3.55. The Balaban J connectivity index is 2.26. The lowest BCUT2D eigenvalue weighted by Crippen LogP contribution is -2.28. The number of nitrogens with zero attached hydrogens (tertiary/aromatic N) is 2. The number of rotatable bonds is 10. The number of carbonyl (C=O) groups is 1. The fourth-order valence-corrected chi connectivity index (χ4v) is 3.13. The number of hydrogen-bond donors (Lipinski definition) is 1. The molecule has 1 heterocycles. The minimum absolute atomic E-state index is 0.0682. The van der Waals surface area contributed by atoms with E-state index in [1.54, 1.807) is 12.1 Å². The fourth-order valence-electron chi connectivity index (χ4n) is 3.13. The van der Waals surface area contributed by atoms with Gasteiger partial charge in [0.1, 0.15) is 17.4 Å². The molecule has 0 unspecified atom stereocenters. The van der Waals surface area contributed by atoms with Gasteiger partial charge < -0.3 is 14.6 Å². The van der Waals surface area contributed by atoms with E-state index in [1.807, 2.05) is 25.1 Å². The molecule has 160 valence electrons. The van der Waals surface area contributed by atoms with Crippen molar-refractivity contribution in [2.75, 3.05) is 19.8 Å². The molecule has 0 aliphatic heterocycles. The third-order valence-corrected chi connectivity index (χ3v) is 4.87. The van der Waals surface area contributed by atoms with E-state index in [4.69, 9.17) is 9.47 Å². The van der Waals surface area contributed by atoms with Gasteiger partial charge in [-0.25, -0.2) is 0 Å². The SMILES string of the molecule is CCOCCCn1c(O)c(C(=O)COc2ccc(C(C)C)cc2)c(C)c(C#N)c1=O. The molecule has 0 aliphatic carbocycles. The first kappa shape index (κ1) is 23.2. The van der Waals surface area contributed by atoms with Crippen LogP contribution in [0.5, 0.6) is 11.6 Å². The van der Waals surface area contributed by atoms with Crippen LogP contribution in [0.2, 0.25) is 0 Å². The van der Waals surface area contributed by atoms with Gasteiger partial charge in [-0.2, -0.15) is 5.26 Å². The molecule has 0 radical (unpaired) electrons. The molecule has 0 aliphatic rings. The van der Waals surface area contributed by atoms with Crippen molar-refractivity contribution in [3.05, 3.63) is 56.9 Å². The molecule has 2 aromatic rings. The Bertz CT molecular complexity index is 985. The van der Waals surface area contributed by atoms with E-state index >= 15 is 0 Å². The number of aromatic nitrogens is 1. The Morgan fingerprint density at radius 1 is 1.27 bits per heavy atom. The molecular formula is C23H28N2O5. The van der Waals surface area contributed by atoms with Crippen molar-refractivity contribution in [3.8, 4) is 17.7 Å². The Hall–Kier alpha value is -3.11. The molecule has 7 nitrogen and oxygen atoms in total. The molecule has 1 N–H and O–H groups in total. The summed E-state index contributed by atoms with van der Waals surface area (Å²) < 4.78 is 11.9. The van der Waals surface area contributed by atoms with Crippen molar-refractivity contribution in [2.45, 2.75) is 46.6 Å². The van der Waals surface area contributed by atoms with Crippen LogP contribution in [0.1, 0.15) is 60.2 Å². The number of aromatic hydroxyl groups is 1. The average Bonchev–Trinajstić information content (AvgIpc) is 2.72. The van der Waals surface area contributed by atoms with Crippen LogP contribution in [-0.4, -0.2) is 35.3 Å². The van der Waals surface area contributed by atoms with E-state index in [9.17, 15) is 20.0 Å². The molecule has 2 rings (SSSR count). The maximum absolute atomic E-state index is 12.8. The second kappa shape index (κ2) is 10.6. The lowest BCUT2D eigenvalue weighted by molar-refractivity contribution is 0.0916. The molecule has 0 saturated carbocycles. The number of pyridine rings is 1. The molecule has 0 fully saturated rings. The van der Waals surface area contributed by atoms with Gasteiger partial charge in [0.2, 0.25) is 11.7 Å². The lowest BCUT2D eigenvalue weighted by Gasteiger charge is -2.16. The number of ketones is 1. The largest absolute Gasteiger partial charge is 0.494 e. The van der Waals surface area contributed by atoms with Crippen LogP contribution in [0.3, 0.4) is 0 Å². The molecule has 7 heteroatoms. The van der Waals surface area contributed by atoms with Gasteiger partial charge in [-0.1, -0.05) is 26.0 Å². The number of ether oxygens (including phenoxy) is 2. The van der Waals surface area contributed by atoms with Gasteiger partial charge in [0.15, 0.2) is 6.61 Å². The van der Waals surface area contributed by atoms with Crippen LogP contribution in [0.15, 0.2) is 29.1 Å². The summed E-state index contributed by atoms with van der Waals surface area (Å²) in [6.07, 6.45) is 0.460. The van der Waals surface area contributed by atoms with Gasteiger partial charge in [0.05, 0.1) is 5.56 Å². The third-order valence-electron chi connectivity index (χ3n) is 4.87. The van der Waals surface area contributed by atoms with Crippen LogP contribution in [-0.2, 0) is 11.3 Å². The number of Topliss-reactive ketones (excluding diaryl/α,β-unsaturated/α-hetero) is 1. The number of benzene rings is 1. The monoisotopic (exact) mass is 412 g/mol.